The molecular formula is C17H23N3S. The molecule has 1 aliphatic rings. The summed E-state index contributed by atoms with van der Waals surface area (Å²) in [6.45, 7) is 6.29. The zero-order valence-corrected chi connectivity index (χ0v) is 13.6. The predicted molar refractivity (Wildman–Crippen MR) is 90.5 cm³/mol. The Kier molecular flexibility index (Phi) is 4.56. The number of rotatable bonds is 7. The van der Waals surface area contributed by atoms with Gasteiger partial charge in [-0.15, -0.1) is 0 Å². The van der Waals surface area contributed by atoms with Gasteiger partial charge in [0, 0.05) is 29.7 Å². The van der Waals surface area contributed by atoms with Crippen molar-refractivity contribution >= 4 is 22.2 Å². The quantitative estimate of drug-likeness (QED) is 0.834. The number of nitrogens with one attached hydrogen (secondary N) is 1. The molecular weight excluding hydrogens is 278 g/mol. The molecule has 4 heteroatoms. The Morgan fingerprint density at radius 1 is 1.24 bits per heavy atom. The van der Waals surface area contributed by atoms with Gasteiger partial charge < -0.3 is 10.2 Å². The van der Waals surface area contributed by atoms with Crippen LogP contribution in [0.25, 0.3) is 0 Å². The average molecular weight is 301 g/mol. The fraction of sp³-hybridized carbons (Fsp3) is 0.471. The van der Waals surface area contributed by atoms with Crippen molar-refractivity contribution in [2.24, 2.45) is 0 Å². The Balaban J connectivity index is 1.82. The van der Waals surface area contributed by atoms with Gasteiger partial charge in [-0.1, -0.05) is 36.5 Å². The van der Waals surface area contributed by atoms with E-state index in [0.717, 1.165) is 30.7 Å². The first kappa shape index (κ1) is 14.5. The lowest BCUT2D eigenvalue weighted by Crippen LogP contribution is -2.15. The van der Waals surface area contributed by atoms with Crippen LogP contribution in [-0.2, 0) is 13.0 Å². The van der Waals surface area contributed by atoms with Gasteiger partial charge in [-0.25, -0.2) is 4.98 Å². The first-order chi connectivity index (χ1) is 10.3. The minimum atomic E-state index is 0.747. The van der Waals surface area contributed by atoms with Crippen molar-refractivity contribution in [3.05, 3.63) is 40.9 Å². The minimum Gasteiger partial charge on any atom is -0.318 e. The molecule has 0 atom stereocenters. The summed E-state index contributed by atoms with van der Waals surface area (Å²) in [4.78, 5) is 8.57. The summed E-state index contributed by atoms with van der Waals surface area (Å²) < 4.78 is 0. The van der Waals surface area contributed by atoms with Gasteiger partial charge in [0.2, 0.25) is 0 Å². The van der Waals surface area contributed by atoms with Crippen LogP contribution in [-0.4, -0.2) is 17.6 Å². The van der Waals surface area contributed by atoms with E-state index in [4.69, 9.17) is 4.98 Å². The molecule has 1 aromatic heterocycles. The molecule has 0 spiro atoms. The fourth-order valence-electron chi connectivity index (χ4n) is 2.46. The monoisotopic (exact) mass is 301 g/mol. The average Bonchev–Trinajstić information content (AvgIpc) is 3.27. The lowest BCUT2D eigenvalue weighted by atomic mass is 10.3. The first-order valence-electron chi connectivity index (χ1n) is 7.86. The van der Waals surface area contributed by atoms with E-state index in [2.05, 4.69) is 54.4 Å². The van der Waals surface area contributed by atoms with Crippen molar-refractivity contribution in [2.75, 3.05) is 11.4 Å². The third kappa shape index (κ3) is 3.44. The van der Waals surface area contributed by atoms with Gasteiger partial charge in [-0.05, 0) is 38.3 Å². The van der Waals surface area contributed by atoms with Gasteiger partial charge >= 0.3 is 0 Å². The summed E-state index contributed by atoms with van der Waals surface area (Å²) >= 11 is 1.83. The van der Waals surface area contributed by atoms with E-state index in [-0.39, 0.29) is 0 Å². The second-order valence-electron chi connectivity index (χ2n) is 5.45. The Bertz CT molecular complexity index is 575. The van der Waals surface area contributed by atoms with Crippen molar-refractivity contribution in [2.45, 2.75) is 45.7 Å². The molecule has 0 saturated heterocycles. The summed E-state index contributed by atoms with van der Waals surface area (Å²) in [6.07, 6.45) is 3.67. The van der Waals surface area contributed by atoms with Gasteiger partial charge in [0.25, 0.3) is 0 Å². The lowest BCUT2D eigenvalue weighted by Gasteiger charge is -2.19. The van der Waals surface area contributed by atoms with Gasteiger partial charge in [-0.3, -0.25) is 0 Å². The maximum absolute atomic E-state index is 4.88. The van der Waals surface area contributed by atoms with Crippen LogP contribution in [0.15, 0.2) is 30.3 Å². The number of para-hydroxylation sites is 1. The van der Waals surface area contributed by atoms with Crippen molar-refractivity contribution in [3.8, 4) is 0 Å². The number of nitrogens with zero attached hydrogens (tertiary/aromatic N) is 2. The maximum Gasteiger partial charge on any atom is 0.190 e. The number of hydrogen-bond acceptors (Lipinski definition) is 4. The highest BCUT2D eigenvalue weighted by molar-refractivity contribution is 7.15. The van der Waals surface area contributed by atoms with E-state index in [1.807, 2.05) is 11.3 Å². The maximum atomic E-state index is 4.88. The molecule has 0 aliphatic heterocycles. The van der Waals surface area contributed by atoms with Crippen LogP contribution >= 0.6 is 11.3 Å². The standard InChI is InChI=1S/C17H23N3S/c1-3-15-16(12-18-13-10-11-13)21-17(19-15)20(4-2)14-8-6-5-7-9-14/h5-9,13,18H,3-4,10-12H2,1-2H3. The normalized spacial score (nSPS) is 14.4. The molecule has 0 amide bonds. The van der Waals surface area contributed by atoms with Crippen LogP contribution in [0.3, 0.4) is 0 Å². The number of hydrogen-bond donors (Lipinski definition) is 1. The second-order valence-corrected chi connectivity index (χ2v) is 6.52. The molecule has 1 aromatic carbocycles. The van der Waals surface area contributed by atoms with E-state index in [9.17, 15) is 0 Å². The molecule has 0 radical (unpaired) electrons. The smallest absolute Gasteiger partial charge is 0.190 e. The molecule has 1 saturated carbocycles. The van der Waals surface area contributed by atoms with Crippen LogP contribution < -0.4 is 10.2 Å². The van der Waals surface area contributed by atoms with Crippen LogP contribution in [0.5, 0.6) is 0 Å². The number of aromatic nitrogens is 1. The van der Waals surface area contributed by atoms with Crippen molar-refractivity contribution < 1.29 is 0 Å². The van der Waals surface area contributed by atoms with Crippen LogP contribution in [0, 0.1) is 0 Å². The third-order valence-electron chi connectivity index (χ3n) is 3.85. The second kappa shape index (κ2) is 6.58. The number of anilines is 2. The van der Waals surface area contributed by atoms with Crippen molar-refractivity contribution in [1.82, 2.24) is 10.3 Å². The molecule has 3 nitrogen and oxygen atoms in total. The molecule has 1 heterocycles. The fourth-order valence-corrected chi connectivity index (χ4v) is 3.64. The van der Waals surface area contributed by atoms with Gasteiger partial charge in [0.15, 0.2) is 5.13 Å². The summed E-state index contributed by atoms with van der Waals surface area (Å²) in [5.74, 6) is 0. The molecule has 1 aliphatic carbocycles. The molecule has 1 fully saturated rings. The van der Waals surface area contributed by atoms with Crippen molar-refractivity contribution in [3.63, 3.8) is 0 Å². The molecule has 2 aromatic rings. The zero-order valence-electron chi connectivity index (χ0n) is 12.8. The van der Waals surface area contributed by atoms with E-state index in [1.54, 1.807) is 0 Å². The predicted octanol–water partition coefficient (Wildman–Crippen LogP) is 4.12. The van der Waals surface area contributed by atoms with Gasteiger partial charge in [0.05, 0.1) is 5.69 Å². The zero-order chi connectivity index (χ0) is 14.7. The first-order valence-corrected chi connectivity index (χ1v) is 8.68. The lowest BCUT2D eigenvalue weighted by molar-refractivity contribution is 0.689. The minimum absolute atomic E-state index is 0.747. The summed E-state index contributed by atoms with van der Waals surface area (Å²) in [6, 6.07) is 11.3. The molecule has 21 heavy (non-hydrogen) atoms. The van der Waals surface area contributed by atoms with Crippen LogP contribution in [0.4, 0.5) is 10.8 Å². The molecule has 0 unspecified atom stereocenters. The highest BCUT2D eigenvalue weighted by Gasteiger charge is 2.22. The molecule has 112 valence electrons. The summed E-state index contributed by atoms with van der Waals surface area (Å²) in [5, 5.41) is 4.73. The van der Waals surface area contributed by atoms with E-state index in [1.165, 1.54) is 29.1 Å². The SMILES string of the molecule is CCc1nc(N(CC)c2ccccc2)sc1CNC1CC1. The summed E-state index contributed by atoms with van der Waals surface area (Å²) in [5.41, 5.74) is 2.47. The molecule has 0 bridgehead atoms. The Morgan fingerprint density at radius 2 is 2.00 bits per heavy atom. The summed E-state index contributed by atoms with van der Waals surface area (Å²) in [7, 11) is 0. The third-order valence-corrected chi connectivity index (χ3v) is 4.97. The number of thiazole rings is 1. The topological polar surface area (TPSA) is 28.2 Å². The number of benzene rings is 1. The van der Waals surface area contributed by atoms with Crippen LogP contribution in [0.2, 0.25) is 0 Å². The highest BCUT2D eigenvalue weighted by Crippen LogP contribution is 2.32. The highest BCUT2D eigenvalue weighted by atomic mass is 32.1. The Hall–Kier alpha value is -1.39. The number of aryl methyl sites for hydroxylation is 1. The van der Waals surface area contributed by atoms with Crippen LogP contribution in [0.1, 0.15) is 37.3 Å². The van der Waals surface area contributed by atoms with Gasteiger partial charge in [0.1, 0.15) is 0 Å². The van der Waals surface area contributed by atoms with E-state index in [0.29, 0.717) is 0 Å². The molecule has 3 rings (SSSR count). The van der Waals surface area contributed by atoms with E-state index < -0.39 is 0 Å². The Morgan fingerprint density at radius 3 is 2.62 bits per heavy atom. The Labute approximate surface area is 131 Å². The largest absolute Gasteiger partial charge is 0.318 e. The van der Waals surface area contributed by atoms with Crippen molar-refractivity contribution in [1.29, 1.82) is 0 Å². The van der Waals surface area contributed by atoms with Gasteiger partial charge in [-0.2, -0.15) is 0 Å². The molecule has 1 N–H and O–H groups in total. The van der Waals surface area contributed by atoms with E-state index >= 15 is 0 Å².